The van der Waals surface area contributed by atoms with Crippen LogP contribution < -0.4 is 10.5 Å². The first kappa shape index (κ1) is 14.5. The Bertz CT molecular complexity index is 957. The highest BCUT2D eigenvalue weighted by molar-refractivity contribution is 7.18. The van der Waals surface area contributed by atoms with E-state index in [1.807, 2.05) is 13.8 Å². The zero-order chi connectivity index (χ0) is 16.1. The van der Waals surface area contributed by atoms with Gasteiger partial charge in [-0.3, -0.25) is 4.79 Å². The fraction of sp³-hybridized carbons (Fsp3) is 0.333. The molecule has 4 nitrogen and oxygen atoms in total. The predicted molar refractivity (Wildman–Crippen MR) is 95.5 cm³/mol. The zero-order valence-electron chi connectivity index (χ0n) is 13.5. The summed E-state index contributed by atoms with van der Waals surface area (Å²) in [7, 11) is 0. The van der Waals surface area contributed by atoms with Crippen LogP contribution in [0.4, 0.5) is 5.69 Å². The maximum atomic E-state index is 12.4. The van der Waals surface area contributed by atoms with Crippen LogP contribution in [0.25, 0.3) is 10.2 Å². The fourth-order valence-electron chi connectivity index (χ4n) is 3.41. The van der Waals surface area contributed by atoms with Crippen molar-refractivity contribution in [3.05, 3.63) is 56.4 Å². The molecule has 23 heavy (non-hydrogen) atoms. The van der Waals surface area contributed by atoms with Gasteiger partial charge in [0, 0.05) is 16.6 Å². The maximum absolute atomic E-state index is 12.4. The van der Waals surface area contributed by atoms with E-state index in [9.17, 15) is 4.79 Å². The third kappa shape index (κ3) is 2.27. The van der Waals surface area contributed by atoms with Gasteiger partial charge in [0.2, 0.25) is 0 Å². The van der Waals surface area contributed by atoms with E-state index in [-0.39, 0.29) is 5.56 Å². The third-order valence-corrected chi connectivity index (χ3v) is 5.86. The Labute approximate surface area is 138 Å². The summed E-state index contributed by atoms with van der Waals surface area (Å²) in [6.07, 6.45) is 1.04. The van der Waals surface area contributed by atoms with Gasteiger partial charge in [-0.1, -0.05) is 18.2 Å². The first-order chi connectivity index (χ1) is 11.0. The molecule has 0 radical (unpaired) electrons. The van der Waals surface area contributed by atoms with E-state index < -0.39 is 0 Å². The molecular weight excluding hydrogens is 306 g/mol. The average Bonchev–Trinajstić information content (AvgIpc) is 2.97. The van der Waals surface area contributed by atoms with Gasteiger partial charge in [0.25, 0.3) is 5.56 Å². The molecule has 1 N–H and O–H groups in total. The number of thiophene rings is 1. The Morgan fingerprint density at radius 1 is 1.35 bits per heavy atom. The van der Waals surface area contributed by atoms with Crippen molar-refractivity contribution in [1.82, 2.24) is 9.97 Å². The predicted octanol–water partition coefficient (Wildman–Crippen LogP) is 3.55. The first-order valence-electron chi connectivity index (χ1n) is 7.88. The largest absolute Gasteiger partial charge is 0.361 e. The second-order valence-corrected chi connectivity index (χ2v) is 7.49. The Kier molecular flexibility index (Phi) is 3.27. The van der Waals surface area contributed by atoms with Crippen LogP contribution >= 0.6 is 11.3 Å². The van der Waals surface area contributed by atoms with Gasteiger partial charge in [0.05, 0.1) is 11.9 Å². The standard InChI is InChI=1S/C18H19N3OS/c1-10-8-13-6-4-5-7-14(13)21(10)9-15-19-17(22)16-11(2)12(3)23-18(16)20-15/h4-7,10H,8-9H2,1-3H3,(H,19,20,22)/t10-/m0/s1. The number of aromatic amines is 1. The summed E-state index contributed by atoms with van der Waals surface area (Å²) in [4.78, 5) is 24.5. The number of H-pyrrole nitrogens is 1. The first-order valence-corrected chi connectivity index (χ1v) is 8.69. The van der Waals surface area contributed by atoms with Crippen LogP contribution in [-0.2, 0) is 13.0 Å². The van der Waals surface area contributed by atoms with Crippen molar-refractivity contribution in [3.63, 3.8) is 0 Å². The molecule has 1 aromatic carbocycles. The van der Waals surface area contributed by atoms with Crippen LogP contribution in [0.1, 0.15) is 28.8 Å². The van der Waals surface area contributed by atoms with E-state index in [1.54, 1.807) is 11.3 Å². The van der Waals surface area contributed by atoms with Crippen molar-refractivity contribution in [2.45, 2.75) is 39.8 Å². The summed E-state index contributed by atoms with van der Waals surface area (Å²) >= 11 is 1.60. The molecule has 0 saturated heterocycles. The van der Waals surface area contributed by atoms with E-state index in [0.29, 0.717) is 12.6 Å². The molecule has 1 aliphatic rings. The fourth-order valence-corrected chi connectivity index (χ4v) is 4.45. The van der Waals surface area contributed by atoms with Crippen molar-refractivity contribution < 1.29 is 0 Å². The van der Waals surface area contributed by atoms with Gasteiger partial charge in [-0.15, -0.1) is 11.3 Å². The SMILES string of the molecule is Cc1sc2nc(CN3c4ccccc4C[C@@H]3C)[nH]c(=O)c2c1C. The number of aromatic nitrogens is 2. The Balaban J connectivity index is 1.75. The number of anilines is 1. The number of hydrogen-bond acceptors (Lipinski definition) is 4. The molecule has 0 saturated carbocycles. The average molecular weight is 325 g/mol. The lowest BCUT2D eigenvalue weighted by Gasteiger charge is -2.24. The highest BCUT2D eigenvalue weighted by Gasteiger charge is 2.26. The molecular formula is C18H19N3OS. The number of nitrogens with one attached hydrogen (secondary N) is 1. The molecule has 3 heterocycles. The third-order valence-electron chi connectivity index (χ3n) is 4.76. The summed E-state index contributed by atoms with van der Waals surface area (Å²) in [6.45, 7) is 6.89. The second kappa shape index (κ2) is 5.20. The van der Waals surface area contributed by atoms with Crippen molar-refractivity contribution in [3.8, 4) is 0 Å². The van der Waals surface area contributed by atoms with E-state index in [4.69, 9.17) is 4.98 Å². The molecule has 0 fully saturated rings. The van der Waals surface area contributed by atoms with Crippen molar-refractivity contribution in [2.24, 2.45) is 0 Å². The number of fused-ring (bicyclic) bond motifs is 2. The normalized spacial score (nSPS) is 17.0. The lowest BCUT2D eigenvalue weighted by atomic mass is 10.1. The topological polar surface area (TPSA) is 49.0 Å². The maximum Gasteiger partial charge on any atom is 0.259 e. The molecule has 2 aromatic heterocycles. The van der Waals surface area contributed by atoms with Crippen molar-refractivity contribution in [2.75, 3.05) is 4.90 Å². The molecule has 4 rings (SSSR count). The van der Waals surface area contributed by atoms with Crippen LogP contribution in [-0.4, -0.2) is 16.0 Å². The van der Waals surface area contributed by atoms with Crippen LogP contribution in [0.3, 0.4) is 0 Å². The Morgan fingerprint density at radius 2 is 2.13 bits per heavy atom. The highest BCUT2D eigenvalue weighted by Crippen LogP contribution is 2.33. The minimum atomic E-state index is -0.0213. The van der Waals surface area contributed by atoms with Crippen LogP contribution in [0.2, 0.25) is 0 Å². The van der Waals surface area contributed by atoms with Crippen LogP contribution in [0.15, 0.2) is 29.1 Å². The van der Waals surface area contributed by atoms with Gasteiger partial charge < -0.3 is 9.88 Å². The summed E-state index contributed by atoms with van der Waals surface area (Å²) < 4.78 is 0. The Morgan fingerprint density at radius 3 is 2.96 bits per heavy atom. The van der Waals surface area contributed by atoms with Gasteiger partial charge in [-0.25, -0.2) is 4.98 Å². The number of hydrogen-bond donors (Lipinski definition) is 1. The van der Waals surface area contributed by atoms with Crippen LogP contribution in [0, 0.1) is 13.8 Å². The summed E-state index contributed by atoms with van der Waals surface area (Å²) in [5, 5.41) is 0.742. The molecule has 0 spiro atoms. The molecule has 0 unspecified atom stereocenters. The van der Waals surface area contributed by atoms with E-state index in [0.717, 1.165) is 32.9 Å². The van der Waals surface area contributed by atoms with E-state index in [2.05, 4.69) is 41.1 Å². The van der Waals surface area contributed by atoms with Gasteiger partial charge >= 0.3 is 0 Å². The quantitative estimate of drug-likeness (QED) is 0.784. The van der Waals surface area contributed by atoms with Gasteiger partial charge in [0.15, 0.2) is 0 Å². The van der Waals surface area contributed by atoms with E-state index in [1.165, 1.54) is 11.3 Å². The second-order valence-electron chi connectivity index (χ2n) is 6.29. The zero-order valence-corrected chi connectivity index (χ0v) is 14.3. The summed E-state index contributed by atoms with van der Waals surface area (Å²) in [6, 6.07) is 8.89. The smallest absolute Gasteiger partial charge is 0.259 e. The summed E-state index contributed by atoms with van der Waals surface area (Å²) in [5.41, 5.74) is 3.64. The van der Waals surface area contributed by atoms with Gasteiger partial charge in [-0.05, 0) is 44.4 Å². The van der Waals surface area contributed by atoms with Crippen molar-refractivity contribution >= 4 is 27.2 Å². The lowest BCUT2D eigenvalue weighted by molar-refractivity contribution is 0.655. The monoisotopic (exact) mass is 325 g/mol. The van der Waals surface area contributed by atoms with Crippen LogP contribution in [0.5, 0.6) is 0 Å². The minimum Gasteiger partial charge on any atom is -0.361 e. The molecule has 1 atom stereocenters. The van der Waals surface area contributed by atoms with E-state index >= 15 is 0 Å². The molecule has 0 amide bonds. The lowest BCUT2D eigenvalue weighted by Crippen LogP contribution is -2.30. The minimum absolute atomic E-state index is 0.0213. The molecule has 1 aliphatic heterocycles. The number of nitrogens with zero attached hydrogens (tertiary/aromatic N) is 2. The highest BCUT2D eigenvalue weighted by atomic mass is 32.1. The van der Waals surface area contributed by atoms with Gasteiger partial charge in [0.1, 0.15) is 10.7 Å². The molecule has 5 heteroatoms. The number of benzene rings is 1. The molecule has 0 aliphatic carbocycles. The number of rotatable bonds is 2. The van der Waals surface area contributed by atoms with Gasteiger partial charge in [-0.2, -0.15) is 0 Å². The Hall–Kier alpha value is -2.14. The number of para-hydroxylation sites is 1. The molecule has 3 aromatic rings. The summed E-state index contributed by atoms with van der Waals surface area (Å²) in [5.74, 6) is 0.743. The molecule has 0 bridgehead atoms. The van der Waals surface area contributed by atoms with Crippen molar-refractivity contribution in [1.29, 1.82) is 0 Å². The number of aryl methyl sites for hydroxylation is 2. The molecule has 118 valence electrons.